The monoisotopic (exact) mass is 327 g/mol. The smallest absolute Gasteiger partial charge is 0.365 e. The largest absolute Gasteiger partial charge is 0.417 e. The SMILES string of the molecule is C#CC(C)(C)NC(=O)c1cc(C(F)(F)F)cnc1NC(C)(C)C. The van der Waals surface area contributed by atoms with E-state index in [2.05, 4.69) is 21.5 Å². The van der Waals surface area contributed by atoms with Crippen LogP contribution in [0.15, 0.2) is 12.3 Å². The van der Waals surface area contributed by atoms with E-state index in [0.29, 0.717) is 6.20 Å². The van der Waals surface area contributed by atoms with Gasteiger partial charge in [-0.2, -0.15) is 13.2 Å². The molecule has 1 heterocycles. The van der Waals surface area contributed by atoms with Gasteiger partial charge in [0.15, 0.2) is 0 Å². The maximum Gasteiger partial charge on any atom is 0.417 e. The van der Waals surface area contributed by atoms with E-state index in [0.717, 1.165) is 6.07 Å². The maximum absolute atomic E-state index is 12.9. The van der Waals surface area contributed by atoms with Gasteiger partial charge in [-0.05, 0) is 40.7 Å². The highest BCUT2D eigenvalue weighted by molar-refractivity contribution is 5.99. The Morgan fingerprint density at radius 1 is 1.22 bits per heavy atom. The Bertz CT molecular complexity index is 637. The van der Waals surface area contributed by atoms with E-state index in [1.54, 1.807) is 34.6 Å². The van der Waals surface area contributed by atoms with Crippen LogP contribution in [0.5, 0.6) is 0 Å². The normalized spacial score (nSPS) is 12.5. The fraction of sp³-hybridized carbons (Fsp3) is 0.500. The van der Waals surface area contributed by atoms with Gasteiger partial charge in [0.05, 0.1) is 16.7 Å². The summed E-state index contributed by atoms with van der Waals surface area (Å²) in [6, 6.07) is 0.767. The second kappa shape index (κ2) is 6.11. The van der Waals surface area contributed by atoms with Crippen molar-refractivity contribution >= 4 is 11.7 Å². The van der Waals surface area contributed by atoms with Crippen LogP contribution >= 0.6 is 0 Å². The minimum absolute atomic E-state index is 0.0656. The third-order valence-electron chi connectivity index (χ3n) is 2.74. The number of terminal acetylenes is 1. The molecule has 0 aliphatic rings. The molecular weight excluding hydrogens is 307 g/mol. The lowest BCUT2D eigenvalue weighted by molar-refractivity contribution is -0.137. The first kappa shape index (κ1) is 18.8. The van der Waals surface area contributed by atoms with E-state index in [9.17, 15) is 18.0 Å². The van der Waals surface area contributed by atoms with Crippen molar-refractivity contribution in [3.63, 3.8) is 0 Å². The fourth-order valence-corrected chi connectivity index (χ4v) is 1.63. The second-order valence-corrected chi connectivity index (χ2v) is 6.72. The van der Waals surface area contributed by atoms with Crippen molar-refractivity contribution in [2.24, 2.45) is 0 Å². The average Bonchev–Trinajstić information content (AvgIpc) is 2.35. The highest BCUT2D eigenvalue weighted by atomic mass is 19.4. The Morgan fingerprint density at radius 2 is 1.78 bits per heavy atom. The number of alkyl halides is 3. The number of halogens is 3. The standard InChI is InChI=1S/C16H20F3N3O/c1-7-15(5,6)22-13(23)11-8-10(16(17,18)19)9-20-12(11)21-14(2,3)4/h1,8-9H,2-6H3,(H,20,21)(H,22,23). The molecule has 7 heteroatoms. The van der Waals surface area contributed by atoms with Gasteiger partial charge in [-0.25, -0.2) is 4.98 Å². The van der Waals surface area contributed by atoms with Crippen LogP contribution in [0.1, 0.15) is 50.5 Å². The van der Waals surface area contributed by atoms with Crippen LogP contribution in [0, 0.1) is 12.3 Å². The van der Waals surface area contributed by atoms with Gasteiger partial charge >= 0.3 is 6.18 Å². The zero-order valence-corrected chi connectivity index (χ0v) is 13.7. The van der Waals surface area contributed by atoms with E-state index >= 15 is 0 Å². The van der Waals surface area contributed by atoms with Crippen molar-refractivity contribution < 1.29 is 18.0 Å². The zero-order valence-electron chi connectivity index (χ0n) is 13.7. The number of hydrogen-bond donors (Lipinski definition) is 2. The number of hydrogen-bond acceptors (Lipinski definition) is 3. The molecule has 2 N–H and O–H groups in total. The molecule has 1 aromatic rings. The van der Waals surface area contributed by atoms with Crippen LogP contribution in [0.2, 0.25) is 0 Å². The molecule has 0 unspecified atom stereocenters. The van der Waals surface area contributed by atoms with Crippen LogP contribution in [-0.4, -0.2) is 22.0 Å². The second-order valence-electron chi connectivity index (χ2n) is 6.72. The third-order valence-corrected chi connectivity index (χ3v) is 2.74. The van der Waals surface area contributed by atoms with Gasteiger partial charge in [-0.3, -0.25) is 4.79 Å². The van der Waals surface area contributed by atoms with Crippen molar-refractivity contribution in [2.75, 3.05) is 5.32 Å². The molecule has 0 fully saturated rings. The van der Waals surface area contributed by atoms with Gasteiger partial charge in [-0.15, -0.1) is 6.42 Å². The summed E-state index contributed by atoms with van der Waals surface area (Å²) in [5, 5.41) is 5.43. The summed E-state index contributed by atoms with van der Waals surface area (Å²) in [6.45, 7) is 8.56. The lowest BCUT2D eigenvalue weighted by Gasteiger charge is -2.25. The number of rotatable bonds is 3. The Hall–Kier alpha value is -2.23. The minimum atomic E-state index is -4.59. The van der Waals surface area contributed by atoms with Crippen molar-refractivity contribution in [3.05, 3.63) is 23.4 Å². The highest BCUT2D eigenvalue weighted by Gasteiger charge is 2.33. The molecule has 0 aliphatic carbocycles. The van der Waals surface area contributed by atoms with Crippen molar-refractivity contribution in [1.29, 1.82) is 0 Å². The lowest BCUT2D eigenvalue weighted by atomic mass is 10.0. The highest BCUT2D eigenvalue weighted by Crippen LogP contribution is 2.31. The van der Waals surface area contributed by atoms with Gasteiger partial charge in [0.2, 0.25) is 0 Å². The van der Waals surface area contributed by atoms with Gasteiger partial charge < -0.3 is 10.6 Å². The summed E-state index contributed by atoms with van der Waals surface area (Å²) < 4.78 is 38.6. The molecule has 1 rings (SSSR count). The molecule has 0 aliphatic heterocycles. The summed E-state index contributed by atoms with van der Waals surface area (Å²) in [6.07, 6.45) is 1.39. The predicted octanol–water partition coefficient (Wildman–Crippen LogP) is 3.45. The number of aromatic nitrogens is 1. The molecule has 0 atom stereocenters. The topological polar surface area (TPSA) is 54.0 Å². The fourth-order valence-electron chi connectivity index (χ4n) is 1.63. The molecule has 0 saturated carbocycles. The molecule has 1 amide bonds. The van der Waals surface area contributed by atoms with E-state index in [-0.39, 0.29) is 11.4 Å². The summed E-state index contributed by atoms with van der Waals surface area (Å²) in [5.74, 6) is 1.70. The molecule has 126 valence electrons. The number of amides is 1. The number of carbonyl (C=O) groups excluding carboxylic acids is 1. The lowest BCUT2D eigenvalue weighted by Crippen LogP contribution is -2.42. The summed E-state index contributed by atoms with van der Waals surface area (Å²) >= 11 is 0. The van der Waals surface area contributed by atoms with E-state index in [1.807, 2.05) is 0 Å². The van der Waals surface area contributed by atoms with Gasteiger partial charge in [-0.1, -0.05) is 5.92 Å². The van der Waals surface area contributed by atoms with Gasteiger partial charge in [0.25, 0.3) is 5.91 Å². The first-order chi connectivity index (χ1) is 10.2. The zero-order chi connectivity index (χ0) is 18.1. The van der Waals surface area contributed by atoms with Crippen molar-refractivity contribution in [2.45, 2.75) is 51.9 Å². The molecule has 0 aromatic carbocycles. The number of nitrogens with zero attached hydrogens (tertiary/aromatic N) is 1. The number of anilines is 1. The van der Waals surface area contributed by atoms with Gasteiger partial charge in [0, 0.05) is 11.7 Å². The average molecular weight is 327 g/mol. The quantitative estimate of drug-likeness (QED) is 0.836. The summed E-state index contributed by atoms with van der Waals surface area (Å²) in [5.41, 5.74) is -2.69. The van der Waals surface area contributed by atoms with Crippen LogP contribution in [0.25, 0.3) is 0 Å². The van der Waals surface area contributed by atoms with Crippen LogP contribution < -0.4 is 10.6 Å². The van der Waals surface area contributed by atoms with Crippen LogP contribution in [0.3, 0.4) is 0 Å². The van der Waals surface area contributed by atoms with E-state index in [1.165, 1.54) is 0 Å². The first-order valence-electron chi connectivity index (χ1n) is 6.91. The van der Waals surface area contributed by atoms with Crippen LogP contribution in [-0.2, 0) is 6.18 Å². The molecule has 0 bridgehead atoms. The molecule has 0 saturated heterocycles. The Labute approximate surface area is 133 Å². The Morgan fingerprint density at radius 3 is 2.22 bits per heavy atom. The summed E-state index contributed by atoms with van der Waals surface area (Å²) in [7, 11) is 0. The van der Waals surface area contributed by atoms with E-state index < -0.39 is 28.7 Å². The Kier molecular flexibility index (Phi) is 5.00. The third kappa shape index (κ3) is 5.47. The van der Waals surface area contributed by atoms with E-state index in [4.69, 9.17) is 6.42 Å². The minimum Gasteiger partial charge on any atom is -0.365 e. The van der Waals surface area contributed by atoms with Gasteiger partial charge in [0.1, 0.15) is 5.82 Å². The molecule has 0 radical (unpaired) electrons. The molecule has 0 spiro atoms. The molecule has 23 heavy (non-hydrogen) atoms. The number of carbonyl (C=O) groups is 1. The molecular formula is C16H20F3N3O. The first-order valence-corrected chi connectivity index (χ1v) is 6.91. The maximum atomic E-state index is 12.9. The molecule has 1 aromatic heterocycles. The number of pyridine rings is 1. The number of nitrogens with one attached hydrogen (secondary N) is 2. The Balaban J connectivity index is 3.34. The predicted molar refractivity (Wildman–Crippen MR) is 83.0 cm³/mol. The summed E-state index contributed by atoms with van der Waals surface area (Å²) in [4.78, 5) is 16.1. The van der Waals surface area contributed by atoms with Crippen LogP contribution in [0.4, 0.5) is 19.0 Å². The van der Waals surface area contributed by atoms with Crippen molar-refractivity contribution in [3.8, 4) is 12.3 Å². The molecule has 4 nitrogen and oxygen atoms in total. The van der Waals surface area contributed by atoms with Crippen molar-refractivity contribution in [1.82, 2.24) is 10.3 Å².